The average Bonchev–Trinajstić information content (AvgIpc) is 2.77. The van der Waals surface area contributed by atoms with E-state index in [1.54, 1.807) is 19.4 Å². The second-order valence-corrected chi connectivity index (χ2v) is 2.96. The van der Waals surface area contributed by atoms with Crippen molar-refractivity contribution < 1.29 is 4.74 Å². The van der Waals surface area contributed by atoms with Crippen molar-refractivity contribution in [2.24, 2.45) is 5.73 Å². The highest BCUT2D eigenvalue weighted by Crippen LogP contribution is 2.12. The largest absolute Gasteiger partial charge is 0.481 e. The molecular formula is C10H12N4O. The third-order valence-corrected chi connectivity index (χ3v) is 2.06. The van der Waals surface area contributed by atoms with Gasteiger partial charge < -0.3 is 10.5 Å². The standard InChI is InChI=1S/C10H12N4O/c1-15-10-4-2-3-8(13-10)14-6-5-12-9(14)7-11/h2-6H,7,11H2,1H3. The molecule has 0 aliphatic rings. The fourth-order valence-electron chi connectivity index (χ4n) is 1.35. The van der Waals surface area contributed by atoms with Crippen molar-refractivity contribution in [3.05, 3.63) is 36.4 Å². The predicted molar refractivity (Wildman–Crippen MR) is 55.8 cm³/mol. The van der Waals surface area contributed by atoms with Gasteiger partial charge in [-0.3, -0.25) is 4.57 Å². The summed E-state index contributed by atoms with van der Waals surface area (Å²) in [5.41, 5.74) is 5.56. The maximum Gasteiger partial charge on any atom is 0.214 e. The van der Waals surface area contributed by atoms with Gasteiger partial charge in [0, 0.05) is 18.5 Å². The summed E-state index contributed by atoms with van der Waals surface area (Å²) in [5.74, 6) is 2.10. The zero-order valence-corrected chi connectivity index (χ0v) is 8.42. The first-order valence-electron chi connectivity index (χ1n) is 4.59. The summed E-state index contributed by atoms with van der Waals surface area (Å²) < 4.78 is 6.89. The Labute approximate surface area is 87.5 Å². The highest BCUT2D eigenvalue weighted by molar-refractivity contribution is 5.28. The normalized spacial score (nSPS) is 10.3. The lowest BCUT2D eigenvalue weighted by Crippen LogP contribution is -2.07. The lowest BCUT2D eigenvalue weighted by atomic mass is 10.4. The van der Waals surface area contributed by atoms with E-state index in [4.69, 9.17) is 10.5 Å². The summed E-state index contributed by atoms with van der Waals surface area (Å²) in [5, 5.41) is 0. The van der Waals surface area contributed by atoms with Crippen LogP contribution in [0.15, 0.2) is 30.6 Å². The van der Waals surface area contributed by atoms with Crippen LogP contribution in [-0.2, 0) is 6.54 Å². The Morgan fingerprint density at radius 2 is 2.33 bits per heavy atom. The number of hydrogen-bond acceptors (Lipinski definition) is 4. The van der Waals surface area contributed by atoms with Crippen LogP contribution in [0, 0.1) is 0 Å². The Balaban J connectivity index is 2.44. The van der Waals surface area contributed by atoms with Gasteiger partial charge in [-0.2, -0.15) is 4.98 Å². The molecule has 0 spiro atoms. The highest BCUT2D eigenvalue weighted by Gasteiger charge is 2.04. The number of ether oxygens (including phenoxy) is 1. The second kappa shape index (κ2) is 4.10. The molecule has 5 nitrogen and oxygen atoms in total. The van der Waals surface area contributed by atoms with Crippen molar-refractivity contribution in [1.82, 2.24) is 14.5 Å². The number of imidazole rings is 1. The van der Waals surface area contributed by atoms with Crippen LogP contribution in [0.1, 0.15) is 5.82 Å². The van der Waals surface area contributed by atoms with E-state index in [1.807, 2.05) is 22.9 Å². The summed E-state index contributed by atoms with van der Waals surface area (Å²) in [6.45, 7) is 0.381. The van der Waals surface area contributed by atoms with Gasteiger partial charge >= 0.3 is 0 Å². The molecule has 2 rings (SSSR count). The average molecular weight is 204 g/mol. The van der Waals surface area contributed by atoms with Gasteiger partial charge in [0.1, 0.15) is 11.6 Å². The molecular weight excluding hydrogens is 192 g/mol. The van der Waals surface area contributed by atoms with Gasteiger partial charge in [-0.1, -0.05) is 6.07 Å². The molecule has 0 aliphatic heterocycles. The van der Waals surface area contributed by atoms with Crippen LogP contribution in [0.25, 0.3) is 5.82 Å². The van der Waals surface area contributed by atoms with Gasteiger partial charge in [0.05, 0.1) is 13.7 Å². The number of methoxy groups -OCH3 is 1. The Morgan fingerprint density at radius 1 is 1.47 bits per heavy atom. The van der Waals surface area contributed by atoms with E-state index < -0.39 is 0 Å². The van der Waals surface area contributed by atoms with E-state index >= 15 is 0 Å². The summed E-state index contributed by atoms with van der Waals surface area (Å²) in [7, 11) is 1.59. The lowest BCUT2D eigenvalue weighted by Gasteiger charge is -2.06. The molecule has 0 aromatic carbocycles. The molecule has 78 valence electrons. The second-order valence-electron chi connectivity index (χ2n) is 2.96. The van der Waals surface area contributed by atoms with Gasteiger partial charge in [-0.25, -0.2) is 4.98 Å². The van der Waals surface area contributed by atoms with Crippen LogP contribution in [0.5, 0.6) is 5.88 Å². The first-order chi connectivity index (χ1) is 7.35. The van der Waals surface area contributed by atoms with Crippen molar-refractivity contribution in [1.29, 1.82) is 0 Å². The van der Waals surface area contributed by atoms with Crippen molar-refractivity contribution in [2.45, 2.75) is 6.54 Å². The predicted octanol–water partition coefficient (Wildman–Crippen LogP) is 0.735. The number of rotatable bonds is 3. The SMILES string of the molecule is COc1cccc(-n2ccnc2CN)n1. The minimum Gasteiger partial charge on any atom is -0.481 e. The summed E-state index contributed by atoms with van der Waals surface area (Å²) in [4.78, 5) is 8.41. The Hall–Kier alpha value is -1.88. The minimum absolute atomic E-state index is 0.381. The number of aromatic nitrogens is 3. The molecule has 2 aromatic heterocycles. The number of pyridine rings is 1. The van der Waals surface area contributed by atoms with Crippen LogP contribution in [0.2, 0.25) is 0 Å². The summed E-state index contributed by atoms with van der Waals surface area (Å²) in [6.07, 6.45) is 3.52. The van der Waals surface area contributed by atoms with Crippen LogP contribution in [-0.4, -0.2) is 21.6 Å². The molecule has 0 radical (unpaired) electrons. The summed E-state index contributed by atoms with van der Waals surface area (Å²) in [6, 6.07) is 5.55. The molecule has 5 heteroatoms. The van der Waals surface area contributed by atoms with E-state index in [2.05, 4.69) is 9.97 Å². The van der Waals surface area contributed by atoms with Crippen LogP contribution in [0.3, 0.4) is 0 Å². The van der Waals surface area contributed by atoms with E-state index in [0.717, 1.165) is 11.6 Å². The van der Waals surface area contributed by atoms with E-state index in [1.165, 1.54) is 0 Å². The Kier molecular flexibility index (Phi) is 2.64. The Morgan fingerprint density at radius 3 is 3.07 bits per heavy atom. The molecule has 0 atom stereocenters. The molecule has 2 aromatic rings. The monoisotopic (exact) mass is 204 g/mol. The van der Waals surface area contributed by atoms with Crippen molar-refractivity contribution in [3.8, 4) is 11.7 Å². The molecule has 2 heterocycles. The van der Waals surface area contributed by atoms with Crippen molar-refractivity contribution >= 4 is 0 Å². The fraction of sp³-hybridized carbons (Fsp3) is 0.200. The van der Waals surface area contributed by atoms with Gasteiger partial charge in [-0.05, 0) is 6.07 Å². The Bertz CT molecular complexity index is 452. The lowest BCUT2D eigenvalue weighted by molar-refractivity contribution is 0.397. The maximum atomic E-state index is 5.56. The number of nitrogens with two attached hydrogens (primary N) is 1. The topological polar surface area (TPSA) is 66.0 Å². The third kappa shape index (κ3) is 1.82. The highest BCUT2D eigenvalue weighted by atomic mass is 16.5. The summed E-state index contributed by atoms with van der Waals surface area (Å²) >= 11 is 0. The van der Waals surface area contributed by atoms with Crippen LogP contribution >= 0.6 is 0 Å². The van der Waals surface area contributed by atoms with E-state index in [0.29, 0.717) is 12.4 Å². The van der Waals surface area contributed by atoms with Gasteiger partial charge in [-0.15, -0.1) is 0 Å². The van der Waals surface area contributed by atoms with Gasteiger partial charge in [0.2, 0.25) is 5.88 Å². The zero-order chi connectivity index (χ0) is 10.7. The zero-order valence-electron chi connectivity index (χ0n) is 8.42. The fourth-order valence-corrected chi connectivity index (χ4v) is 1.35. The molecule has 0 unspecified atom stereocenters. The van der Waals surface area contributed by atoms with Crippen molar-refractivity contribution in [3.63, 3.8) is 0 Å². The third-order valence-electron chi connectivity index (χ3n) is 2.06. The van der Waals surface area contributed by atoms with Crippen LogP contribution in [0.4, 0.5) is 0 Å². The smallest absolute Gasteiger partial charge is 0.214 e. The molecule has 2 N–H and O–H groups in total. The number of hydrogen-bond donors (Lipinski definition) is 1. The molecule has 15 heavy (non-hydrogen) atoms. The molecule has 0 saturated carbocycles. The van der Waals surface area contributed by atoms with Gasteiger partial charge in [0.25, 0.3) is 0 Å². The molecule has 0 aliphatic carbocycles. The molecule has 0 amide bonds. The molecule has 0 bridgehead atoms. The van der Waals surface area contributed by atoms with Crippen LogP contribution < -0.4 is 10.5 Å². The van der Waals surface area contributed by atoms with Crippen molar-refractivity contribution in [2.75, 3.05) is 7.11 Å². The maximum absolute atomic E-state index is 5.56. The van der Waals surface area contributed by atoms with Gasteiger partial charge in [0.15, 0.2) is 0 Å². The van der Waals surface area contributed by atoms with E-state index in [9.17, 15) is 0 Å². The minimum atomic E-state index is 0.381. The van der Waals surface area contributed by atoms with E-state index in [-0.39, 0.29) is 0 Å². The number of nitrogens with zero attached hydrogens (tertiary/aromatic N) is 3. The quantitative estimate of drug-likeness (QED) is 0.800. The molecule has 0 saturated heterocycles. The first-order valence-corrected chi connectivity index (χ1v) is 4.59. The molecule has 0 fully saturated rings. The first kappa shape index (κ1) is 9.67.